The van der Waals surface area contributed by atoms with E-state index in [1.807, 2.05) is 42.5 Å². The van der Waals surface area contributed by atoms with E-state index in [1.54, 1.807) is 7.11 Å². The Balaban J connectivity index is 1.19. The average molecular weight is 463 g/mol. The van der Waals surface area contributed by atoms with Crippen molar-refractivity contribution < 1.29 is 19.4 Å². The van der Waals surface area contributed by atoms with Crippen LogP contribution in [0.1, 0.15) is 49.3 Å². The number of aliphatic hydroxyl groups is 1. The first-order valence-electron chi connectivity index (χ1n) is 12.6. The molecule has 0 unspecified atom stereocenters. The van der Waals surface area contributed by atoms with E-state index in [2.05, 4.69) is 16.3 Å². The van der Waals surface area contributed by atoms with Gasteiger partial charge in [-0.1, -0.05) is 36.4 Å². The molecule has 7 rings (SSSR count). The van der Waals surface area contributed by atoms with E-state index in [9.17, 15) is 9.90 Å². The highest BCUT2D eigenvalue weighted by atomic mass is 16.5. The van der Waals surface area contributed by atoms with Gasteiger partial charge in [-0.25, -0.2) is 0 Å². The van der Waals surface area contributed by atoms with Gasteiger partial charge in [0.15, 0.2) is 0 Å². The second-order valence-corrected chi connectivity index (χ2v) is 10.9. The van der Waals surface area contributed by atoms with Gasteiger partial charge in [-0.2, -0.15) is 0 Å². The molecule has 3 atom stereocenters. The van der Waals surface area contributed by atoms with E-state index in [-0.39, 0.29) is 18.1 Å². The predicted molar refractivity (Wildman–Crippen MR) is 129 cm³/mol. The Morgan fingerprint density at radius 1 is 1.12 bits per heavy atom. The highest BCUT2D eigenvalue weighted by Gasteiger charge is 2.55. The van der Waals surface area contributed by atoms with Gasteiger partial charge in [0.05, 0.1) is 19.3 Å². The average Bonchev–Trinajstić information content (AvgIpc) is 2.99. The lowest BCUT2D eigenvalue weighted by molar-refractivity contribution is -0.147. The number of nitrogens with zero attached hydrogens (tertiary/aromatic N) is 1. The number of rotatable bonds is 5. The molecule has 2 N–H and O–H groups in total. The van der Waals surface area contributed by atoms with E-state index < -0.39 is 5.60 Å². The first-order valence-corrected chi connectivity index (χ1v) is 12.6. The van der Waals surface area contributed by atoms with E-state index in [0.29, 0.717) is 37.4 Å². The molecule has 1 amide bonds. The summed E-state index contributed by atoms with van der Waals surface area (Å²) >= 11 is 0. The normalized spacial score (nSPS) is 34.1. The Morgan fingerprint density at radius 2 is 1.85 bits per heavy atom. The molecular formula is C28H34N2O4. The van der Waals surface area contributed by atoms with Gasteiger partial charge in [-0.05, 0) is 62.0 Å². The summed E-state index contributed by atoms with van der Waals surface area (Å²) in [7, 11) is 1.68. The van der Waals surface area contributed by atoms with Gasteiger partial charge in [-0.3, -0.25) is 9.69 Å². The van der Waals surface area contributed by atoms with Crippen molar-refractivity contribution in [3.05, 3.63) is 59.7 Å². The standard InChI is InChI=1S/C28H34N2O4/c1-33-24-9-5-3-7-22(24)25-16-30(15-19-6-2-4-8-23(19)34-25)17-26(31)29-27-20-10-18-11-21(27)14-28(32,12-18)13-20/h2-9,18,20-21,25,27,32H,10-17H2,1H3,(H,29,31)/t18?,20-,21-,25-,27?,28?/m0/s1. The third-order valence-electron chi connectivity index (χ3n) is 8.48. The van der Waals surface area contributed by atoms with Crippen LogP contribution in [-0.4, -0.2) is 47.8 Å². The molecule has 4 aliphatic carbocycles. The lowest BCUT2D eigenvalue weighted by atomic mass is 9.52. The van der Waals surface area contributed by atoms with Crippen molar-refractivity contribution in [2.24, 2.45) is 17.8 Å². The van der Waals surface area contributed by atoms with Gasteiger partial charge >= 0.3 is 0 Å². The molecule has 1 aliphatic heterocycles. The topological polar surface area (TPSA) is 71.0 Å². The fourth-order valence-electron chi connectivity index (χ4n) is 7.35. The molecule has 4 fully saturated rings. The fraction of sp³-hybridized carbons (Fsp3) is 0.536. The van der Waals surface area contributed by atoms with Crippen LogP contribution >= 0.6 is 0 Å². The molecule has 0 aromatic heterocycles. The lowest BCUT2D eigenvalue weighted by Gasteiger charge is -2.58. The van der Waals surface area contributed by atoms with E-state index in [0.717, 1.165) is 54.7 Å². The zero-order valence-corrected chi connectivity index (χ0v) is 19.8. The molecule has 0 radical (unpaired) electrons. The van der Waals surface area contributed by atoms with Crippen LogP contribution in [0, 0.1) is 17.8 Å². The summed E-state index contributed by atoms with van der Waals surface area (Å²) in [6, 6.07) is 16.2. The van der Waals surface area contributed by atoms with Crippen molar-refractivity contribution in [1.82, 2.24) is 10.2 Å². The molecule has 2 aromatic rings. The predicted octanol–water partition coefficient (Wildman–Crippen LogP) is 3.69. The summed E-state index contributed by atoms with van der Waals surface area (Å²) in [5.41, 5.74) is 1.59. The zero-order valence-electron chi connectivity index (χ0n) is 19.8. The monoisotopic (exact) mass is 462 g/mol. The Labute approximate surface area is 201 Å². The van der Waals surface area contributed by atoms with Crippen LogP contribution in [0.25, 0.3) is 0 Å². The zero-order chi connectivity index (χ0) is 23.3. The van der Waals surface area contributed by atoms with Crippen molar-refractivity contribution in [3.63, 3.8) is 0 Å². The SMILES string of the molecule is COc1ccccc1[C@@H]1CN(CC(=O)NC2[C@H]3CC4C[C@H]2CC(O)(C4)C3)Cc2ccccc2O1. The molecule has 4 bridgehead atoms. The van der Waals surface area contributed by atoms with E-state index in [4.69, 9.17) is 9.47 Å². The van der Waals surface area contributed by atoms with Crippen molar-refractivity contribution in [1.29, 1.82) is 0 Å². The highest BCUT2D eigenvalue weighted by Crippen LogP contribution is 2.55. The Morgan fingerprint density at radius 3 is 2.62 bits per heavy atom. The fourth-order valence-corrected chi connectivity index (χ4v) is 7.35. The number of carbonyl (C=O) groups excluding carboxylic acids is 1. The summed E-state index contributed by atoms with van der Waals surface area (Å²) in [5, 5.41) is 14.3. The number of fused-ring (bicyclic) bond motifs is 1. The summed E-state index contributed by atoms with van der Waals surface area (Å²) in [6.45, 7) is 1.59. The van der Waals surface area contributed by atoms with Gasteiger partial charge in [0.2, 0.25) is 5.91 Å². The quantitative estimate of drug-likeness (QED) is 0.709. The molecule has 2 aromatic carbocycles. The number of benzene rings is 2. The molecule has 0 saturated heterocycles. The van der Waals surface area contributed by atoms with Gasteiger partial charge in [0.1, 0.15) is 17.6 Å². The first kappa shape index (κ1) is 21.9. The van der Waals surface area contributed by atoms with Crippen LogP contribution in [-0.2, 0) is 11.3 Å². The smallest absolute Gasteiger partial charge is 0.234 e. The first-order chi connectivity index (χ1) is 16.5. The van der Waals surface area contributed by atoms with Crippen molar-refractivity contribution >= 4 is 5.91 Å². The minimum atomic E-state index is -0.481. The summed E-state index contributed by atoms with van der Waals surface area (Å²) in [4.78, 5) is 15.5. The molecular weight excluding hydrogens is 428 g/mol. The van der Waals surface area contributed by atoms with E-state index in [1.165, 1.54) is 0 Å². The highest BCUT2D eigenvalue weighted by molar-refractivity contribution is 5.78. The minimum absolute atomic E-state index is 0.0719. The van der Waals surface area contributed by atoms with Gasteiger partial charge < -0.3 is 19.9 Å². The molecule has 34 heavy (non-hydrogen) atoms. The number of hydrogen-bond acceptors (Lipinski definition) is 5. The van der Waals surface area contributed by atoms with Gasteiger partial charge in [-0.15, -0.1) is 0 Å². The number of methoxy groups -OCH3 is 1. The van der Waals surface area contributed by atoms with Crippen LogP contribution in [0.5, 0.6) is 11.5 Å². The Kier molecular flexibility index (Phi) is 5.53. The largest absolute Gasteiger partial charge is 0.496 e. The summed E-state index contributed by atoms with van der Waals surface area (Å²) in [5.74, 6) is 3.18. The van der Waals surface area contributed by atoms with Crippen molar-refractivity contribution in [2.75, 3.05) is 20.2 Å². The maximum atomic E-state index is 13.3. The Bertz CT molecular complexity index is 1060. The molecule has 0 spiro atoms. The number of amides is 1. The summed E-state index contributed by atoms with van der Waals surface area (Å²) in [6.07, 6.45) is 4.69. The van der Waals surface area contributed by atoms with Crippen LogP contribution in [0.4, 0.5) is 0 Å². The maximum Gasteiger partial charge on any atom is 0.234 e. The molecule has 6 heteroatoms. The molecule has 6 nitrogen and oxygen atoms in total. The van der Waals surface area contributed by atoms with E-state index >= 15 is 0 Å². The maximum absolute atomic E-state index is 13.3. The third kappa shape index (κ3) is 4.07. The second-order valence-electron chi connectivity index (χ2n) is 10.9. The van der Waals surface area contributed by atoms with Crippen LogP contribution < -0.4 is 14.8 Å². The van der Waals surface area contributed by atoms with Crippen LogP contribution in [0.15, 0.2) is 48.5 Å². The number of hydrogen-bond donors (Lipinski definition) is 2. The minimum Gasteiger partial charge on any atom is -0.496 e. The Hall–Kier alpha value is -2.57. The summed E-state index contributed by atoms with van der Waals surface area (Å²) < 4.78 is 12.1. The number of nitrogens with one attached hydrogen (secondary N) is 1. The second kappa shape index (κ2) is 8.58. The lowest BCUT2D eigenvalue weighted by Crippen LogP contribution is -2.62. The molecule has 180 valence electrons. The number of carbonyl (C=O) groups is 1. The van der Waals surface area contributed by atoms with Gasteiger partial charge in [0.25, 0.3) is 0 Å². The third-order valence-corrected chi connectivity index (χ3v) is 8.48. The number of para-hydroxylation sites is 2. The molecule has 4 saturated carbocycles. The molecule has 5 aliphatic rings. The van der Waals surface area contributed by atoms with Crippen molar-refractivity contribution in [3.8, 4) is 11.5 Å². The molecule has 1 heterocycles. The van der Waals surface area contributed by atoms with Gasteiger partial charge in [0, 0.05) is 30.3 Å². The van der Waals surface area contributed by atoms with Crippen LogP contribution in [0.2, 0.25) is 0 Å². The van der Waals surface area contributed by atoms with Crippen molar-refractivity contribution in [2.45, 2.75) is 56.4 Å². The number of ether oxygens (including phenoxy) is 2. The van der Waals surface area contributed by atoms with Crippen LogP contribution in [0.3, 0.4) is 0 Å².